The van der Waals surface area contributed by atoms with Crippen LogP contribution in [-0.2, 0) is 6.54 Å². The highest BCUT2D eigenvalue weighted by atomic mass is 79.9. The van der Waals surface area contributed by atoms with Crippen LogP contribution in [0.3, 0.4) is 0 Å². The average Bonchev–Trinajstić information content (AvgIpc) is 2.44. The Morgan fingerprint density at radius 1 is 1.45 bits per heavy atom. The van der Waals surface area contributed by atoms with E-state index in [1.54, 1.807) is 6.92 Å². The van der Waals surface area contributed by atoms with Gasteiger partial charge in [0.05, 0.1) is 15.6 Å². The van der Waals surface area contributed by atoms with E-state index in [0.717, 1.165) is 12.8 Å². The molecule has 20 heavy (non-hydrogen) atoms. The van der Waals surface area contributed by atoms with Gasteiger partial charge in [-0.3, -0.25) is 14.9 Å². The van der Waals surface area contributed by atoms with Crippen LogP contribution < -0.4 is 5.56 Å². The lowest BCUT2D eigenvalue weighted by molar-refractivity contribution is -0.386. The minimum atomic E-state index is -0.462. The molecule has 0 saturated carbocycles. The molecule has 0 saturated heterocycles. The first-order valence-corrected chi connectivity index (χ1v) is 7.89. The third-order valence-electron chi connectivity index (χ3n) is 3.98. The number of nitrogens with zero attached hydrogens (tertiary/aromatic N) is 2. The highest BCUT2D eigenvalue weighted by molar-refractivity contribution is 9.10. The Morgan fingerprint density at radius 2 is 2.00 bits per heavy atom. The molecule has 7 heteroatoms. The Balaban J connectivity index is 3.39. The number of rotatable bonds is 6. The minimum Gasteiger partial charge on any atom is -0.307 e. The van der Waals surface area contributed by atoms with Crippen LogP contribution in [-0.4, -0.2) is 15.2 Å². The van der Waals surface area contributed by atoms with Gasteiger partial charge in [0.2, 0.25) is 0 Å². The fourth-order valence-electron chi connectivity index (χ4n) is 2.11. The number of thiol groups is 1. The van der Waals surface area contributed by atoms with Crippen LogP contribution in [0.4, 0.5) is 5.69 Å². The Morgan fingerprint density at radius 3 is 2.40 bits per heavy atom. The summed E-state index contributed by atoms with van der Waals surface area (Å²) in [5.41, 5.74) is -0.0474. The van der Waals surface area contributed by atoms with Crippen LogP contribution in [0.1, 0.15) is 32.3 Å². The summed E-state index contributed by atoms with van der Waals surface area (Å²) in [5.74, 6) is 0.631. The van der Waals surface area contributed by atoms with E-state index in [1.807, 2.05) is 13.8 Å². The molecule has 0 fully saturated rings. The van der Waals surface area contributed by atoms with Gasteiger partial charge in [0, 0.05) is 12.1 Å². The van der Waals surface area contributed by atoms with Crippen molar-refractivity contribution in [3.8, 4) is 0 Å². The maximum atomic E-state index is 12.3. The maximum absolute atomic E-state index is 12.3. The normalized spacial score (nSPS) is 11.7. The number of pyridine rings is 1. The zero-order valence-electron chi connectivity index (χ0n) is 11.9. The van der Waals surface area contributed by atoms with Crippen molar-refractivity contribution in [1.29, 1.82) is 0 Å². The number of aromatic nitrogens is 1. The lowest BCUT2D eigenvalue weighted by Gasteiger charge is -2.30. The van der Waals surface area contributed by atoms with E-state index in [1.165, 1.54) is 10.8 Å². The molecule has 0 aliphatic carbocycles. The van der Waals surface area contributed by atoms with Crippen molar-refractivity contribution >= 4 is 34.2 Å². The molecule has 0 spiro atoms. The van der Waals surface area contributed by atoms with Gasteiger partial charge in [-0.2, -0.15) is 12.6 Å². The Kier molecular flexibility index (Phi) is 5.82. The lowest BCUT2D eigenvalue weighted by Crippen LogP contribution is -2.33. The molecule has 0 radical (unpaired) electrons. The Hall–Kier alpha value is -0.820. The van der Waals surface area contributed by atoms with Gasteiger partial charge in [0.25, 0.3) is 11.2 Å². The standard InChI is InChI=1S/C13H19BrN2O3S/c1-4-13(5-2,8-20)7-15-6-10(16(18)19)9(3)11(14)12(15)17/h6,20H,4-5,7-8H2,1-3H3. The number of hydrogen-bond donors (Lipinski definition) is 1. The minimum absolute atomic E-state index is 0.0447. The molecular weight excluding hydrogens is 344 g/mol. The molecule has 0 aliphatic heterocycles. The summed E-state index contributed by atoms with van der Waals surface area (Å²) in [6.45, 7) is 6.09. The van der Waals surface area contributed by atoms with Crippen LogP contribution in [0, 0.1) is 22.5 Å². The predicted molar refractivity (Wildman–Crippen MR) is 86.7 cm³/mol. The van der Waals surface area contributed by atoms with E-state index in [4.69, 9.17) is 0 Å². The summed E-state index contributed by atoms with van der Waals surface area (Å²) < 4.78 is 1.69. The van der Waals surface area contributed by atoms with Crippen LogP contribution in [0.15, 0.2) is 15.5 Å². The summed E-state index contributed by atoms with van der Waals surface area (Å²) in [6.07, 6.45) is 3.06. The number of nitro groups is 1. The monoisotopic (exact) mass is 362 g/mol. The van der Waals surface area contributed by atoms with Gasteiger partial charge in [0.1, 0.15) is 0 Å². The van der Waals surface area contributed by atoms with E-state index >= 15 is 0 Å². The molecule has 0 amide bonds. The fourth-order valence-corrected chi connectivity index (χ4v) is 3.09. The Labute approximate surface area is 132 Å². The van der Waals surface area contributed by atoms with Gasteiger partial charge < -0.3 is 4.57 Å². The first-order chi connectivity index (χ1) is 9.31. The van der Waals surface area contributed by atoms with Crippen LogP contribution in [0.25, 0.3) is 0 Å². The lowest BCUT2D eigenvalue weighted by atomic mass is 9.84. The summed E-state index contributed by atoms with van der Waals surface area (Å²) in [4.78, 5) is 22.9. The fraction of sp³-hybridized carbons (Fsp3) is 0.615. The first-order valence-electron chi connectivity index (χ1n) is 6.46. The summed E-state index contributed by atoms with van der Waals surface area (Å²) in [7, 11) is 0. The van der Waals surface area contributed by atoms with Crippen LogP contribution >= 0.6 is 28.6 Å². The van der Waals surface area contributed by atoms with Gasteiger partial charge in [-0.25, -0.2) is 0 Å². The van der Waals surface area contributed by atoms with Gasteiger partial charge in [-0.15, -0.1) is 0 Å². The highest BCUT2D eigenvalue weighted by Crippen LogP contribution is 2.31. The molecule has 0 aliphatic rings. The Bertz CT molecular complexity index is 559. The molecule has 5 nitrogen and oxygen atoms in total. The van der Waals surface area contributed by atoms with E-state index in [2.05, 4.69) is 28.6 Å². The van der Waals surface area contributed by atoms with Crippen molar-refractivity contribution in [2.24, 2.45) is 5.41 Å². The number of halogens is 1. The van der Waals surface area contributed by atoms with E-state index in [-0.39, 0.29) is 21.1 Å². The molecule has 0 N–H and O–H groups in total. The van der Waals surface area contributed by atoms with Crippen molar-refractivity contribution in [2.45, 2.75) is 40.2 Å². The maximum Gasteiger partial charge on any atom is 0.289 e. The molecule has 0 aromatic carbocycles. The van der Waals surface area contributed by atoms with Gasteiger partial charge in [0.15, 0.2) is 0 Å². The van der Waals surface area contributed by atoms with Crippen molar-refractivity contribution in [1.82, 2.24) is 4.57 Å². The summed E-state index contributed by atoms with van der Waals surface area (Å²) in [6, 6.07) is 0. The molecule has 1 aromatic heterocycles. The topological polar surface area (TPSA) is 65.1 Å². The second-order valence-electron chi connectivity index (χ2n) is 5.01. The van der Waals surface area contributed by atoms with E-state index in [9.17, 15) is 14.9 Å². The second kappa shape index (κ2) is 6.76. The van der Waals surface area contributed by atoms with Crippen molar-refractivity contribution in [2.75, 3.05) is 5.75 Å². The van der Waals surface area contributed by atoms with Gasteiger partial charge in [-0.1, -0.05) is 13.8 Å². The molecule has 112 valence electrons. The zero-order chi connectivity index (χ0) is 15.5. The third kappa shape index (κ3) is 3.25. The zero-order valence-corrected chi connectivity index (χ0v) is 14.3. The first kappa shape index (κ1) is 17.2. The third-order valence-corrected chi connectivity index (χ3v) is 5.58. The van der Waals surface area contributed by atoms with Gasteiger partial charge in [-0.05, 0) is 46.9 Å². The van der Waals surface area contributed by atoms with E-state index < -0.39 is 4.92 Å². The van der Waals surface area contributed by atoms with Crippen LogP contribution in [0.5, 0.6) is 0 Å². The highest BCUT2D eigenvalue weighted by Gasteiger charge is 2.27. The molecule has 1 aromatic rings. The largest absolute Gasteiger partial charge is 0.307 e. The van der Waals surface area contributed by atoms with Crippen LogP contribution in [0.2, 0.25) is 0 Å². The van der Waals surface area contributed by atoms with Crippen molar-refractivity contribution < 1.29 is 4.92 Å². The van der Waals surface area contributed by atoms with E-state index in [0.29, 0.717) is 17.9 Å². The molecule has 0 bridgehead atoms. The quantitative estimate of drug-likeness (QED) is 0.477. The van der Waals surface area contributed by atoms with Crippen molar-refractivity contribution in [3.63, 3.8) is 0 Å². The second-order valence-corrected chi connectivity index (χ2v) is 6.12. The predicted octanol–water partition coefficient (Wildman–Crippen LogP) is 3.56. The molecule has 0 unspecified atom stereocenters. The SMILES string of the molecule is CCC(CC)(CS)Cn1cc([N+](=O)[O-])c(C)c(Br)c1=O. The molecular formula is C13H19BrN2O3S. The molecule has 1 heterocycles. The smallest absolute Gasteiger partial charge is 0.289 e. The molecule has 1 rings (SSSR count). The summed E-state index contributed by atoms with van der Waals surface area (Å²) in [5, 5.41) is 11.1. The summed E-state index contributed by atoms with van der Waals surface area (Å²) >= 11 is 7.54. The van der Waals surface area contributed by atoms with Crippen molar-refractivity contribution in [3.05, 3.63) is 36.7 Å². The van der Waals surface area contributed by atoms with Gasteiger partial charge >= 0.3 is 0 Å². The molecule has 0 atom stereocenters. The average molecular weight is 363 g/mol. The number of hydrogen-bond acceptors (Lipinski definition) is 4.